The van der Waals surface area contributed by atoms with E-state index in [1.807, 2.05) is 24.3 Å². The van der Waals surface area contributed by atoms with Crippen molar-refractivity contribution in [1.29, 1.82) is 0 Å². The number of nitrogens with two attached hydrogens (primary N) is 1. The van der Waals surface area contributed by atoms with Gasteiger partial charge in [0.15, 0.2) is 5.96 Å². The third-order valence-corrected chi connectivity index (χ3v) is 2.98. The number of carbonyl (C=O) groups is 1. The highest BCUT2D eigenvalue weighted by Gasteiger charge is 2.28. The molecule has 108 valence electrons. The molecule has 0 radical (unpaired) electrons. The fourth-order valence-corrected chi connectivity index (χ4v) is 1.73. The number of aliphatic imine (C=N–C) groups is 1. The van der Waals surface area contributed by atoms with E-state index in [4.69, 9.17) is 10.5 Å². The normalized spacial score (nSPS) is 14.8. The lowest BCUT2D eigenvalue weighted by molar-refractivity contribution is -0.122. The molecule has 1 aromatic carbocycles. The summed E-state index contributed by atoms with van der Waals surface area (Å²) in [5.41, 5.74) is 6.58. The molecule has 0 bridgehead atoms. The molecule has 4 N–H and O–H groups in total. The first kappa shape index (κ1) is 14.2. The average molecular weight is 276 g/mol. The summed E-state index contributed by atoms with van der Waals surface area (Å²) in [4.78, 5) is 15.5. The lowest BCUT2D eigenvalue weighted by Gasteiger charge is -2.07. The molecule has 0 aromatic heterocycles. The van der Waals surface area contributed by atoms with Crippen LogP contribution >= 0.6 is 0 Å². The predicted molar refractivity (Wildman–Crippen MR) is 78.8 cm³/mol. The Labute approximate surface area is 118 Å². The van der Waals surface area contributed by atoms with Gasteiger partial charge >= 0.3 is 0 Å². The number of carbonyl (C=O) groups excluding carboxylic acids is 1. The van der Waals surface area contributed by atoms with E-state index in [1.54, 1.807) is 7.11 Å². The van der Waals surface area contributed by atoms with Crippen LogP contribution in [0.4, 0.5) is 5.69 Å². The van der Waals surface area contributed by atoms with Crippen LogP contribution in [0.5, 0.6) is 5.75 Å². The quantitative estimate of drug-likeness (QED) is 0.410. The fourth-order valence-electron chi connectivity index (χ4n) is 1.73. The van der Waals surface area contributed by atoms with Gasteiger partial charge in [0.2, 0.25) is 5.91 Å². The smallest absolute Gasteiger partial charge is 0.223 e. The topological polar surface area (TPSA) is 88.7 Å². The zero-order valence-electron chi connectivity index (χ0n) is 11.6. The molecule has 1 aromatic rings. The molecular formula is C14H20N4O2. The number of rotatable bonds is 6. The van der Waals surface area contributed by atoms with E-state index in [1.165, 1.54) is 0 Å². The first-order chi connectivity index (χ1) is 9.69. The second-order valence-corrected chi connectivity index (χ2v) is 4.69. The monoisotopic (exact) mass is 276 g/mol. The summed E-state index contributed by atoms with van der Waals surface area (Å²) < 4.78 is 5.12. The zero-order valence-corrected chi connectivity index (χ0v) is 11.6. The molecule has 0 unspecified atom stereocenters. The molecule has 0 heterocycles. The van der Waals surface area contributed by atoms with Gasteiger partial charge in [-0.25, -0.2) is 0 Å². The van der Waals surface area contributed by atoms with E-state index in [0.29, 0.717) is 19.0 Å². The molecule has 6 nitrogen and oxygen atoms in total. The lowest BCUT2D eigenvalue weighted by Crippen LogP contribution is -2.29. The number of guanidine groups is 1. The third kappa shape index (κ3) is 4.46. The SMILES string of the molecule is COc1cccc(NC(N)=NCCNC(=O)C2CC2)c1. The van der Waals surface area contributed by atoms with Crippen LogP contribution in [0.3, 0.4) is 0 Å². The van der Waals surface area contributed by atoms with Crippen molar-refractivity contribution in [1.82, 2.24) is 5.32 Å². The van der Waals surface area contributed by atoms with E-state index in [-0.39, 0.29) is 11.8 Å². The second kappa shape index (κ2) is 6.79. The summed E-state index contributed by atoms with van der Waals surface area (Å²) in [5, 5.41) is 5.81. The van der Waals surface area contributed by atoms with E-state index in [2.05, 4.69) is 15.6 Å². The van der Waals surface area contributed by atoms with E-state index >= 15 is 0 Å². The Morgan fingerprint density at radius 1 is 1.50 bits per heavy atom. The number of nitrogens with one attached hydrogen (secondary N) is 2. The van der Waals surface area contributed by atoms with Crippen LogP contribution in [0.1, 0.15) is 12.8 Å². The molecular weight excluding hydrogens is 256 g/mol. The maximum atomic E-state index is 11.4. The van der Waals surface area contributed by atoms with Crippen LogP contribution in [0.15, 0.2) is 29.3 Å². The number of hydrogen-bond acceptors (Lipinski definition) is 3. The van der Waals surface area contributed by atoms with Gasteiger partial charge in [0.05, 0.1) is 13.7 Å². The second-order valence-electron chi connectivity index (χ2n) is 4.69. The number of amides is 1. The summed E-state index contributed by atoms with van der Waals surface area (Å²) in [7, 11) is 1.61. The molecule has 0 saturated heterocycles. The minimum Gasteiger partial charge on any atom is -0.497 e. The molecule has 1 saturated carbocycles. The summed E-state index contributed by atoms with van der Waals surface area (Å²) in [6.07, 6.45) is 2.02. The summed E-state index contributed by atoms with van der Waals surface area (Å²) in [6, 6.07) is 7.42. The van der Waals surface area contributed by atoms with Crippen LogP contribution in [0.2, 0.25) is 0 Å². The first-order valence-electron chi connectivity index (χ1n) is 6.68. The maximum Gasteiger partial charge on any atom is 0.223 e. The fraction of sp³-hybridized carbons (Fsp3) is 0.429. The molecule has 1 amide bonds. The zero-order chi connectivity index (χ0) is 14.4. The molecule has 1 aliphatic carbocycles. The van der Waals surface area contributed by atoms with Crippen molar-refractivity contribution < 1.29 is 9.53 Å². The number of ether oxygens (including phenoxy) is 1. The van der Waals surface area contributed by atoms with Crippen molar-refractivity contribution in [2.24, 2.45) is 16.6 Å². The van der Waals surface area contributed by atoms with E-state index in [9.17, 15) is 4.79 Å². The Hall–Kier alpha value is -2.24. The standard InChI is InChI=1S/C14H20N4O2/c1-20-12-4-2-3-11(9-12)18-14(15)17-8-7-16-13(19)10-5-6-10/h2-4,9-10H,5-8H2,1H3,(H,16,19)(H3,15,17,18). The number of hydrogen-bond donors (Lipinski definition) is 3. The van der Waals surface area contributed by atoms with Crippen molar-refractivity contribution in [2.45, 2.75) is 12.8 Å². The molecule has 1 fully saturated rings. The largest absolute Gasteiger partial charge is 0.497 e. The lowest BCUT2D eigenvalue weighted by atomic mass is 10.3. The van der Waals surface area contributed by atoms with Crippen LogP contribution in [0.25, 0.3) is 0 Å². The Bertz CT molecular complexity index is 498. The minimum atomic E-state index is 0.125. The first-order valence-corrected chi connectivity index (χ1v) is 6.68. The highest BCUT2D eigenvalue weighted by molar-refractivity contribution is 5.92. The summed E-state index contributed by atoms with van der Waals surface area (Å²) >= 11 is 0. The van der Waals surface area contributed by atoms with Crippen LogP contribution < -0.4 is 21.1 Å². The third-order valence-electron chi connectivity index (χ3n) is 2.98. The van der Waals surface area contributed by atoms with E-state index < -0.39 is 0 Å². The number of methoxy groups -OCH3 is 1. The predicted octanol–water partition coefficient (Wildman–Crippen LogP) is 0.948. The number of anilines is 1. The number of benzene rings is 1. The molecule has 6 heteroatoms. The van der Waals surface area contributed by atoms with Crippen LogP contribution in [-0.4, -0.2) is 32.1 Å². The van der Waals surface area contributed by atoms with Crippen molar-refractivity contribution in [2.75, 3.05) is 25.5 Å². The molecule has 0 spiro atoms. The van der Waals surface area contributed by atoms with Gasteiger partial charge in [0.1, 0.15) is 5.75 Å². The molecule has 2 rings (SSSR count). The van der Waals surface area contributed by atoms with Gasteiger partial charge < -0.3 is 21.1 Å². The molecule has 0 atom stereocenters. The van der Waals surface area contributed by atoms with E-state index in [0.717, 1.165) is 24.3 Å². The number of nitrogens with zero attached hydrogens (tertiary/aromatic N) is 1. The molecule has 1 aliphatic rings. The molecule has 20 heavy (non-hydrogen) atoms. The van der Waals surface area contributed by atoms with Gasteiger partial charge in [0.25, 0.3) is 0 Å². The Balaban J connectivity index is 1.73. The van der Waals surface area contributed by atoms with Crippen molar-refractivity contribution in [3.63, 3.8) is 0 Å². The highest BCUT2D eigenvalue weighted by Crippen LogP contribution is 2.28. The Morgan fingerprint density at radius 3 is 3.00 bits per heavy atom. The van der Waals surface area contributed by atoms with Gasteiger partial charge in [0, 0.05) is 24.2 Å². The average Bonchev–Trinajstić information content (AvgIpc) is 3.28. The van der Waals surface area contributed by atoms with Crippen molar-refractivity contribution >= 4 is 17.6 Å². The maximum absolute atomic E-state index is 11.4. The van der Waals surface area contributed by atoms with Crippen LogP contribution in [0, 0.1) is 5.92 Å². The minimum absolute atomic E-state index is 0.125. The van der Waals surface area contributed by atoms with Gasteiger partial charge in [-0.1, -0.05) is 6.07 Å². The van der Waals surface area contributed by atoms with Gasteiger partial charge in [-0.2, -0.15) is 0 Å². The van der Waals surface area contributed by atoms with Gasteiger partial charge in [-0.15, -0.1) is 0 Å². The van der Waals surface area contributed by atoms with Crippen molar-refractivity contribution in [3.8, 4) is 5.75 Å². The van der Waals surface area contributed by atoms with Crippen molar-refractivity contribution in [3.05, 3.63) is 24.3 Å². The van der Waals surface area contributed by atoms with Gasteiger partial charge in [-0.3, -0.25) is 9.79 Å². The van der Waals surface area contributed by atoms with Crippen LogP contribution in [-0.2, 0) is 4.79 Å². The Kier molecular flexibility index (Phi) is 4.81. The summed E-state index contributed by atoms with van der Waals surface area (Å²) in [6.45, 7) is 0.969. The summed E-state index contributed by atoms with van der Waals surface area (Å²) in [5.74, 6) is 1.42. The highest BCUT2D eigenvalue weighted by atomic mass is 16.5. The molecule has 0 aliphatic heterocycles. The Morgan fingerprint density at radius 2 is 2.30 bits per heavy atom. The van der Waals surface area contributed by atoms with Gasteiger partial charge in [-0.05, 0) is 25.0 Å².